The van der Waals surface area contributed by atoms with Crippen molar-refractivity contribution >= 4 is 21.7 Å². The van der Waals surface area contributed by atoms with Crippen LogP contribution in [0.25, 0.3) is 0 Å². The lowest BCUT2D eigenvalue weighted by Crippen LogP contribution is -2.63. The van der Waals surface area contributed by atoms with Crippen molar-refractivity contribution in [3.63, 3.8) is 0 Å². The molecule has 184 valence electrons. The monoisotopic (exact) mass is 503 g/mol. The Balaban J connectivity index is 1.52. The minimum Gasteiger partial charge on any atom is -0.406 e. The zero-order chi connectivity index (χ0) is 24.6. The molecule has 2 aromatic carbocycles. The van der Waals surface area contributed by atoms with E-state index in [1.807, 2.05) is 0 Å². The van der Waals surface area contributed by atoms with Gasteiger partial charge in [-0.05, 0) is 24.3 Å². The van der Waals surface area contributed by atoms with E-state index >= 15 is 4.39 Å². The number of alkyl halides is 4. The number of nitrogens with zero attached hydrogens (tertiary/aromatic N) is 2. The summed E-state index contributed by atoms with van der Waals surface area (Å²) in [4.78, 5) is 13.3. The number of halogens is 4. The summed E-state index contributed by atoms with van der Waals surface area (Å²) in [7, 11) is -4.44. The Hall–Kier alpha value is -2.90. The van der Waals surface area contributed by atoms with Crippen LogP contribution in [0, 0.1) is 0 Å². The van der Waals surface area contributed by atoms with Gasteiger partial charge < -0.3 is 19.7 Å². The molecule has 1 N–H and O–H groups in total. The van der Waals surface area contributed by atoms with Crippen molar-refractivity contribution in [1.29, 1.82) is 0 Å². The number of para-hydroxylation sites is 1. The highest BCUT2D eigenvalue weighted by atomic mass is 32.2. The van der Waals surface area contributed by atoms with Crippen LogP contribution in [0.3, 0.4) is 0 Å². The summed E-state index contributed by atoms with van der Waals surface area (Å²) >= 11 is 0. The Kier molecular flexibility index (Phi) is 6.44. The van der Waals surface area contributed by atoms with E-state index in [1.54, 1.807) is 30.3 Å². The lowest BCUT2D eigenvalue weighted by molar-refractivity contribution is -0.274. The highest BCUT2D eigenvalue weighted by Gasteiger charge is 2.57. The van der Waals surface area contributed by atoms with Crippen LogP contribution in [0.15, 0.2) is 59.5 Å². The highest BCUT2D eigenvalue weighted by molar-refractivity contribution is 7.89. The van der Waals surface area contributed by atoms with E-state index < -0.39 is 51.5 Å². The van der Waals surface area contributed by atoms with Crippen LogP contribution >= 0.6 is 0 Å². The van der Waals surface area contributed by atoms with Gasteiger partial charge in [-0.1, -0.05) is 24.3 Å². The molecule has 13 heteroatoms. The maximum Gasteiger partial charge on any atom is 0.573 e. The molecule has 2 amide bonds. The van der Waals surface area contributed by atoms with E-state index in [2.05, 4.69) is 10.1 Å². The van der Waals surface area contributed by atoms with Crippen LogP contribution < -0.4 is 10.1 Å². The normalized spacial score (nSPS) is 23.8. The molecule has 2 aliphatic heterocycles. The zero-order valence-electron chi connectivity index (χ0n) is 17.7. The summed E-state index contributed by atoms with van der Waals surface area (Å²) in [5.74, 6) is -0.716. The quantitative estimate of drug-likeness (QED) is 0.645. The van der Waals surface area contributed by atoms with Crippen molar-refractivity contribution in [2.45, 2.75) is 29.6 Å². The number of hydrogen-bond donors (Lipinski definition) is 1. The summed E-state index contributed by atoms with van der Waals surface area (Å²) < 4.78 is 89.9. The minimum absolute atomic E-state index is 0.00231. The molecule has 2 saturated heterocycles. The fourth-order valence-electron chi connectivity index (χ4n) is 4.08. The van der Waals surface area contributed by atoms with Crippen LogP contribution in [0.5, 0.6) is 5.75 Å². The Morgan fingerprint density at radius 1 is 1.12 bits per heavy atom. The molecule has 2 atom stereocenters. The molecule has 2 unspecified atom stereocenters. The smallest absolute Gasteiger partial charge is 0.406 e. The molecular weight excluding hydrogens is 482 g/mol. The summed E-state index contributed by atoms with van der Waals surface area (Å²) in [6.07, 6.45) is -7.05. The Morgan fingerprint density at radius 2 is 1.85 bits per heavy atom. The second kappa shape index (κ2) is 9.04. The molecule has 1 spiro atoms. The highest BCUT2D eigenvalue weighted by Crippen LogP contribution is 2.40. The van der Waals surface area contributed by atoms with Crippen molar-refractivity contribution in [2.75, 3.05) is 31.6 Å². The van der Waals surface area contributed by atoms with Gasteiger partial charge in [0.05, 0.1) is 18.0 Å². The predicted molar refractivity (Wildman–Crippen MR) is 112 cm³/mol. The second-order valence-electron chi connectivity index (χ2n) is 7.75. The largest absolute Gasteiger partial charge is 0.573 e. The molecule has 0 radical (unpaired) electrons. The molecule has 8 nitrogen and oxygen atoms in total. The molecule has 0 aliphatic carbocycles. The Morgan fingerprint density at radius 3 is 2.53 bits per heavy atom. The Labute approximate surface area is 193 Å². The van der Waals surface area contributed by atoms with E-state index in [0.29, 0.717) is 5.69 Å². The maximum absolute atomic E-state index is 15.5. The summed E-state index contributed by atoms with van der Waals surface area (Å²) in [6.45, 7) is -0.720. The van der Waals surface area contributed by atoms with E-state index in [-0.39, 0.29) is 26.1 Å². The third-order valence-corrected chi connectivity index (χ3v) is 7.54. The first kappa shape index (κ1) is 24.2. The average Bonchev–Trinajstić information content (AvgIpc) is 3.21. The van der Waals surface area contributed by atoms with E-state index in [1.165, 1.54) is 4.90 Å². The Bertz CT molecular complexity index is 1150. The van der Waals surface area contributed by atoms with Crippen molar-refractivity contribution in [1.82, 2.24) is 9.21 Å². The summed E-state index contributed by atoms with van der Waals surface area (Å²) in [5.41, 5.74) is -1.35. The molecule has 34 heavy (non-hydrogen) atoms. The first-order valence-corrected chi connectivity index (χ1v) is 11.7. The number of piperidine rings is 1. The summed E-state index contributed by atoms with van der Waals surface area (Å²) in [5, 5.41) is 2.65. The van der Waals surface area contributed by atoms with Gasteiger partial charge in [-0.3, -0.25) is 0 Å². The van der Waals surface area contributed by atoms with Crippen molar-refractivity contribution in [2.24, 2.45) is 0 Å². The van der Waals surface area contributed by atoms with Gasteiger partial charge in [0.1, 0.15) is 5.75 Å². The molecular formula is C21H21F4N3O5S. The number of carbonyl (C=O) groups is 1. The fourth-order valence-corrected chi connectivity index (χ4v) is 5.83. The summed E-state index contributed by atoms with van der Waals surface area (Å²) in [6, 6.07) is 11.9. The van der Waals surface area contributed by atoms with Gasteiger partial charge >= 0.3 is 12.4 Å². The van der Waals surface area contributed by atoms with Crippen LogP contribution in [-0.2, 0) is 14.8 Å². The molecule has 2 aromatic rings. The number of likely N-dealkylation sites (tertiary alicyclic amines) is 1. The lowest BCUT2D eigenvalue weighted by Gasteiger charge is -2.44. The third-order valence-electron chi connectivity index (χ3n) is 5.62. The topological polar surface area (TPSA) is 88.2 Å². The van der Waals surface area contributed by atoms with E-state index in [9.17, 15) is 26.4 Å². The number of amides is 2. The van der Waals surface area contributed by atoms with Crippen molar-refractivity contribution in [3.8, 4) is 5.75 Å². The van der Waals surface area contributed by atoms with Crippen LogP contribution in [-0.4, -0.2) is 68.2 Å². The molecule has 4 rings (SSSR count). The zero-order valence-corrected chi connectivity index (χ0v) is 18.5. The van der Waals surface area contributed by atoms with Gasteiger partial charge in [-0.2, -0.15) is 4.31 Å². The van der Waals surface area contributed by atoms with Gasteiger partial charge in [-0.15, -0.1) is 13.2 Å². The van der Waals surface area contributed by atoms with Gasteiger partial charge in [0, 0.05) is 31.3 Å². The first-order valence-electron chi connectivity index (χ1n) is 10.3. The number of benzene rings is 2. The van der Waals surface area contributed by atoms with Crippen molar-refractivity contribution in [3.05, 3.63) is 54.6 Å². The first-order chi connectivity index (χ1) is 16.0. The molecule has 2 heterocycles. The van der Waals surface area contributed by atoms with Crippen LogP contribution in [0.1, 0.15) is 6.42 Å². The number of carbonyl (C=O) groups excluding carboxylic acids is 1. The minimum atomic E-state index is -5.00. The fraction of sp³-hybridized carbons (Fsp3) is 0.381. The number of hydrogen-bond acceptors (Lipinski definition) is 5. The number of rotatable bonds is 4. The third kappa shape index (κ3) is 4.81. The second-order valence-corrected chi connectivity index (χ2v) is 9.62. The molecule has 2 aliphatic rings. The van der Waals surface area contributed by atoms with Crippen molar-refractivity contribution < 1.29 is 40.2 Å². The standard InChI is InChI=1S/C21H21F4N3O5S/c22-18-14-27(19(29)26-15-5-2-1-3-6-15)10-9-20(18)28(11-12-32-20)34(30,31)17-8-4-7-16(13-17)33-21(23,24)25/h1-8,13,18H,9-12,14H2,(H,26,29). The van der Waals surface area contributed by atoms with Gasteiger partial charge in [-0.25, -0.2) is 17.6 Å². The van der Waals surface area contributed by atoms with E-state index in [4.69, 9.17) is 4.74 Å². The number of nitrogens with one attached hydrogen (secondary N) is 1. The SMILES string of the molecule is O=C(Nc1ccccc1)N1CCC2(OCCN2S(=O)(=O)c2cccc(OC(F)(F)F)c2)C(F)C1. The molecule has 0 bridgehead atoms. The molecule has 0 aromatic heterocycles. The number of urea groups is 1. The average molecular weight is 503 g/mol. The van der Waals surface area contributed by atoms with Gasteiger partial charge in [0.15, 0.2) is 11.9 Å². The van der Waals surface area contributed by atoms with E-state index in [0.717, 1.165) is 28.6 Å². The molecule has 2 fully saturated rings. The molecule has 0 saturated carbocycles. The predicted octanol–water partition coefficient (Wildman–Crippen LogP) is 3.58. The van der Waals surface area contributed by atoms with Gasteiger partial charge in [0.25, 0.3) is 0 Å². The van der Waals surface area contributed by atoms with Gasteiger partial charge in [0.2, 0.25) is 10.0 Å². The number of sulfonamides is 1. The number of anilines is 1. The lowest BCUT2D eigenvalue weighted by atomic mass is 9.99. The van der Waals surface area contributed by atoms with Crippen LogP contribution in [0.4, 0.5) is 28.0 Å². The maximum atomic E-state index is 15.5. The number of ether oxygens (including phenoxy) is 2. The van der Waals surface area contributed by atoms with Crippen LogP contribution in [0.2, 0.25) is 0 Å².